The zero-order chi connectivity index (χ0) is 16.7. The second kappa shape index (κ2) is 6.16. The molecule has 0 fully saturated rings. The summed E-state index contributed by atoms with van der Waals surface area (Å²) in [5, 5.41) is 11.4. The van der Waals surface area contributed by atoms with E-state index in [2.05, 4.69) is 106 Å². The first-order chi connectivity index (χ1) is 11.7. The molecule has 0 amide bonds. The highest BCUT2D eigenvalue weighted by molar-refractivity contribution is 14.1. The Morgan fingerprint density at radius 1 is 1.00 bits per heavy atom. The van der Waals surface area contributed by atoms with Crippen LogP contribution in [0.4, 0.5) is 0 Å². The third kappa shape index (κ3) is 2.49. The monoisotopic (exact) mass is 427 g/mol. The van der Waals surface area contributed by atoms with Gasteiger partial charge in [-0.2, -0.15) is 0 Å². The SMILES string of the molecule is CCC(C)c1cn2c(-c3ccc(I)cc3)nnc2c2ccccc12. The highest BCUT2D eigenvalue weighted by atomic mass is 127. The lowest BCUT2D eigenvalue weighted by molar-refractivity contribution is 0.734. The van der Waals surface area contributed by atoms with Gasteiger partial charge in [-0.1, -0.05) is 50.2 Å². The first kappa shape index (κ1) is 15.6. The van der Waals surface area contributed by atoms with Crippen LogP contribution < -0.4 is 0 Å². The van der Waals surface area contributed by atoms with Gasteiger partial charge in [-0.05, 0) is 58.0 Å². The fourth-order valence-corrected chi connectivity index (χ4v) is 3.50. The second-order valence-corrected chi connectivity index (χ2v) is 7.41. The van der Waals surface area contributed by atoms with Crippen LogP contribution in [0.2, 0.25) is 0 Å². The number of rotatable bonds is 3. The van der Waals surface area contributed by atoms with Crippen molar-refractivity contribution in [1.82, 2.24) is 14.6 Å². The number of hydrogen-bond acceptors (Lipinski definition) is 2. The van der Waals surface area contributed by atoms with Crippen LogP contribution in [0.5, 0.6) is 0 Å². The molecule has 0 spiro atoms. The molecule has 4 heteroatoms. The highest BCUT2D eigenvalue weighted by Crippen LogP contribution is 2.31. The maximum atomic E-state index is 4.48. The summed E-state index contributed by atoms with van der Waals surface area (Å²) in [5.41, 5.74) is 3.37. The molecule has 0 radical (unpaired) electrons. The van der Waals surface area contributed by atoms with Crippen LogP contribution in [0.3, 0.4) is 0 Å². The third-order valence-electron chi connectivity index (χ3n) is 4.69. The molecule has 0 bridgehead atoms. The number of nitrogens with zero attached hydrogens (tertiary/aromatic N) is 3. The van der Waals surface area contributed by atoms with Gasteiger partial charge in [-0.3, -0.25) is 4.40 Å². The number of pyridine rings is 1. The van der Waals surface area contributed by atoms with Crippen molar-refractivity contribution in [2.45, 2.75) is 26.2 Å². The molecule has 0 aliphatic heterocycles. The van der Waals surface area contributed by atoms with E-state index in [-0.39, 0.29) is 0 Å². The topological polar surface area (TPSA) is 30.2 Å². The van der Waals surface area contributed by atoms with Gasteiger partial charge in [0.25, 0.3) is 0 Å². The molecule has 4 aromatic rings. The molecule has 3 nitrogen and oxygen atoms in total. The molecule has 0 saturated carbocycles. The Bertz CT molecular complexity index is 1020. The largest absolute Gasteiger partial charge is 0.282 e. The van der Waals surface area contributed by atoms with E-state index in [1.54, 1.807) is 0 Å². The van der Waals surface area contributed by atoms with Crippen molar-refractivity contribution in [2.75, 3.05) is 0 Å². The van der Waals surface area contributed by atoms with Crippen LogP contribution in [-0.2, 0) is 0 Å². The maximum absolute atomic E-state index is 4.48. The van der Waals surface area contributed by atoms with Gasteiger partial charge >= 0.3 is 0 Å². The summed E-state index contributed by atoms with van der Waals surface area (Å²) in [7, 11) is 0. The molecular weight excluding hydrogens is 409 g/mol. The van der Waals surface area contributed by atoms with Gasteiger partial charge < -0.3 is 0 Å². The molecule has 0 aliphatic rings. The predicted molar refractivity (Wildman–Crippen MR) is 107 cm³/mol. The number of aromatic nitrogens is 3. The lowest BCUT2D eigenvalue weighted by Crippen LogP contribution is -1.99. The van der Waals surface area contributed by atoms with Gasteiger partial charge in [0.15, 0.2) is 11.5 Å². The molecule has 24 heavy (non-hydrogen) atoms. The van der Waals surface area contributed by atoms with Crippen LogP contribution in [0.15, 0.2) is 54.7 Å². The van der Waals surface area contributed by atoms with Crippen molar-refractivity contribution < 1.29 is 0 Å². The van der Waals surface area contributed by atoms with Gasteiger partial charge in [0, 0.05) is 20.7 Å². The fraction of sp³-hybridized carbons (Fsp3) is 0.200. The molecule has 0 aliphatic carbocycles. The van der Waals surface area contributed by atoms with Gasteiger partial charge in [-0.25, -0.2) is 0 Å². The Labute approximate surface area is 154 Å². The summed E-state index contributed by atoms with van der Waals surface area (Å²) in [6, 6.07) is 16.9. The highest BCUT2D eigenvalue weighted by Gasteiger charge is 2.16. The van der Waals surface area contributed by atoms with Crippen molar-refractivity contribution in [3.05, 3.63) is 63.9 Å². The van der Waals surface area contributed by atoms with Crippen LogP contribution in [-0.4, -0.2) is 14.6 Å². The standard InChI is InChI=1S/C20H18IN3/c1-3-13(2)18-12-24-19(14-8-10-15(21)11-9-14)22-23-20(24)17-7-5-4-6-16(17)18/h4-13H,3H2,1-2H3. The first-order valence-corrected chi connectivity index (χ1v) is 9.29. The molecule has 0 N–H and O–H groups in total. The Morgan fingerprint density at radius 3 is 2.42 bits per heavy atom. The Kier molecular flexibility index (Phi) is 4.00. The van der Waals surface area contributed by atoms with Crippen molar-refractivity contribution in [3.63, 3.8) is 0 Å². The van der Waals surface area contributed by atoms with E-state index >= 15 is 0 Å². The van der Waals surface area contributed by atoms with Crippen molar-refractivity contribution in [1.29, 1.82) is 0 Å². The Morgan fingerprint density at radius 2 is 1.71 bits per heavy atom. The average molecular weight is 427 g/mol. The zero-order valence-corrected chi connectivity index (χ0v) is 15.9. The van der Waals surface area contributed by atoms with Crippen molar-refractivity contribution in [3.8, 4) is 11.4 Å². The third-order valence-corrected chi connectivity index (χ3v) is 5.41. The molecule has 2 aromatic carbocycles. The number of benzene rings is 2. The Balaban J connectivity index is 2.05. The average Bonchev–Trinajstić information content (AvgIpc) is 3.05. The van der Waals surface area contributed by atoms with Gasteiger partial charge in [0.05, 0.1) is 0 Å². The molecule has 0 saturated heterocycles. The van der Waals surface area contributed by atoms with Crippen LogP contribution in [0.25, 0.3) is 27.8 Å². The van der Waals surface area contributed by atoms with Crippen molar-refractivity contribution in [2.24, 2.45) is 0 Å². The summed E-state index contributed by atoms with van der Waals surface area (Å²) in [5.74, 6) is 1.39. The lowest BCUT2D eigenvalue weighted by Gasteiger charge is -2.14. The minimum atomic E-state index is 0.492. The van der Waals surface area contributed by atoms with E-state index in [9.17, 15) is 0 Å². The van der Waals surface area contributed by atoms with E-state index in [0.29, 0.717) is 5.92 Å². The van der Waals surface area contributed by atoms with E-state index in [4.69, 9.17) is 0 Å². The predicted octanol–water partition coefficient (Wildman–Crippen LogP) is 5.67. The minimum absolute atomic E-state index is 0.492. The Hall–Kier alpha value is -1.95. The van der Waals surface area contributed by atoms with E-state index in [1.807, 2.05) is 0 Å². The quantitative estimate of drug-likeness (QED) is 0.395. The van der Waals surface area contributed by atoms with Crippen molar-refractivity contribution >= 4 is 39.0 Å². The molecule has 1 unspecified atom stereocenters. The summed E-state index contributed by atoms with van der Waals surface area (Å²) < 4.78 is 3.36. The smallest absolute Gasteiger partial charge is 0.168 e. The van der Waals surface area contributed by atoms with E-state index < -0.39 is 0 Å². The summed E-state index contributed by atoms with van der Waals surface area (Å²) in [4.78, 5) is 0. The summed E-state index contributed by atoms with van der Waals surface area (Å²) >= 11 is 2.32. The van der Waals surface area contributed by atoms with Crippen LogP contribution in [0, 0.1) is 3.57 Å². The number of hydrogen-bond donors (Lipinski definition) is 0. The molecular formula is C20H18IN3. The summed E-state index contributed by atoms with van der Waals surface area (Å²) in [6.45, 7) is 4.51. The zero-order valence-electron chi connectivity index (χ0n) is 13.7. The van der Waals surface area contributed by atoms with Gasteiger partial charge in [0.2, 0.25) is 0 Å². The van der Waals surface area contributed by atoms with E-state index in [0.717, 1.165) is 23.5 Å². The molecule has 120 valence electrons. The second-order valence-electron chi connectivity index (χ2n) is 6.16. The molecule has 2 heterocycles. The van der Waals surface area contributed by atoms with Crippen LogP contribution >= 0.6 is 22.6 Å². The first-order valence-electron chi connectivity index (χ1n) is 8.21. The van der Waals surface area contributed by atoms with Gasteiger partial charge in [-0.15, -0.1) is 10.2 Å². The maximum Gasteiger partial charge on any atom is 0.168 e. The fourth-order valence-electron chi connectivity index (χ4n) is 3.14. The lowest BCUT2D eigenvalue weighted by atomic mass is 9.95. The minimum Gasteiger partial charge on any atom is -0.282 e. The summed E-state index contributed by atoms with van der Waals surface area (Å²) in [6.07, 6.45) is 3.33. The normalized spacial score (nSPS) is 12.8. The number of fused-ring (bicyclic) bond motifs is 3. The van der Waals surface area contributed by atoms with Crippen LogP contribution in [0.1, 0.15) is 31.7 Å². The number of halogens is 1. The van der Waals surface area contributed by atoms with E-state index in [1.165, 1.54) is 19.9 Å². The van der Waals surface area contributed by atoms with Gasteiger partial charge in [0.1, 0.15) is 0 Å². The molecule has 1 atom stereocenters. The molecule has 2 aromatic heterocycles. The molecule has 4 rings (SSSR count).